The molecule has 0 heterocycles. The van der Waals surface area contributed by atoms with Crippen molar-refractivity contribution in [3.63, 3.8) is 0 Å². The molecule has 4 heteroatoms. The summed E-state index contributed by atoms with van der Waals surface area (Å²) in [5, 5.41) is 2.81. The summed E-state index contributed by atoms with van der Waals surface area (Å²) < 4.78 is 5.24. The van der Waals surface area contributed by atoms with E-state index in [1.165, 1.54) is 10.5 Å². The SMILES string of the molecule is CCSc1ccc(CNC(=O)OC(C)(C)C)c(CC)c1. The predicted octanol–water partition coefficient (Wildman–Crippen LogP) is 4.39. The molecule has 0 fully saturated rings. The average molecular weight is 295 g/mol. The number of aryl methyl sites for hydroxylation is 1. The zero-order chi connectivity index (χ0) is 15.2. The second-order valence-electron chi connectivity index (χ2n) is 5.57. The van der Waals surface area contributed by atoms with Gasteiger partial charge in [-0.3, -0.25) is 0 Å². The first kappa shape index (κ1) is 16.9. The quantitative estimate of drug-likeness (QED) is 0.819. The smallest absolute Gasteiger partial charge is 0.407 e. The fourth-order valence-corrected chi connectivity index (χ4v) is 2.57. The van der Waals surface area contributed by atoms with Crippen molar-refractivity contribution < 1.29 is 9.53 Å². The number of hydrogen-bond donors (Lipinski definition) is 1. The third-order valence-electron chi connectivity index (χ3n) is 2.69. The van der Waals surface area contributed by atoms with Crippen LogP contribution in [-0.2, 0) is 17.7 Å². The largest absolute Gasteiger partial charge is 0.444 e. The summed E-state index contributed by atoms with van der Waals surface area (Å²) in [6, 6.07) is 6.41. The van der Waals surface area contributed by atoms with E-state index in [0.29, 0.717) is 6.54 Å². The molecule has 112 valence electrons. The summed E-state index contributed by atoms with van der Waals surface area (Å²) in [6.07, 6.45) is 0.593. The molecule has 0 saturated carbocycles. The topological polar surface area (TPSA) is 38.3 Å². The number of thioether (sulfide) groups is 1. The van der Waals surface area contributed by atoms with Gasteiger partial charge in [0.1, 0.15) is 5.60 Å². The number of carbonyl (C=O) groups excluding carboxylic acids is 1. The van der Waals surface area contributed by atoms with E-state index < -0.39 is 5.60 Å². The van der Waals surface area contributed by atoms with Crippen molar-refractivity contribution in [3.8, 4) is 0 Å². The van der Waals surface area contributed by atoms with Crippen LogP contribution in [0.5, 0.6) is 0 Å². The van der Waals surface area contributed by atoms with Crippen LogP contribution in [0.1, 0.15) is 45.7 Å². The molecule has 0 aromatic heterocycles. The van der Waals surface area contributed by atoms with Crippen molar-refractivity contribution in [1.29, 1.82) is 0 Å². The van der Waals surface area contributed by atoms with Crippen molar-refractivity contribution in [2.45, 2.75) is 58.1 Å². The Morgan fingerprint density at radius 2 is 1.95 bits per heavy atom. The number of alkyl carbamates (subject to hydrolysis) is 1. The van der Waals surface area contributed by atoms with Crippen LogP contribution in [0.15, 0.2) is 23.1 Å². The number of amides is 1. The Morgan fingerprint density at radius 3 is 2.50 bits per heavy atom. The highest BCUT2D eigenvalue weighted by Crippen LogP contribution is 2.22. The van der Waals surface area contributed by atoms with Gasteiger partial charge in [0, 0.05) is 11.4 Å². The van der Waals surface area contributed by atoms with Crippen LogP contribution < -0.4 is 5.32 Å². The van der Waals surface area contributed by atoms with E-state index in [0.717, 1.165) is 17.7 Å². The maximum Gasteiger partial charge on any atom is 0.407 e. The van der Waals surface area contributed by atoms with Crippen molar-refractivity contribution in [2.24, 2.45) is 0 Å². The second-order valence-corrected chi connectivity index (χ2v) is 6.91. The number of nitrogens with one attached hydrogen (secondary N) is 1. The molecule has 0 aliphatic carbocycles. The third kappa shape index (κ3) is 5.87. The number of hydrogen-bond acceptors (Lipinski definition) is 3. The first-order valence-corrected chi connectivity index (χ1v) is 8.05. The molecule has 0 spiro atoms. The Morgan fingerprint density at radius 1 is 1.25 bits per heavy atom. The van der Waals surface area contributed by atoms with Crippen molar-refractivity contribution >= 4 is 17.9 Å². The highest BCUT2D eigenvalue weighted by molar-refractivity contribution is 7.99. The van der Waals surface area contributed by atoms with Crippen molar-refractivity contribution in [2.75, 3.05) is 5.75 Å². The van der Waals surface area contributed by atoms with Gasteiger partial charge in [-0.2, -0.15) is 0 Å². The van der Waals surface area contributed by atoms with Crippen LogP contribution in [0.2, 0.25) is 0 Å². The zero-order valence-electron chi connectivity index (χ0n) is 13.1. The Bertz CT molecular complexity index is 452. The summed E-state index contributed by atoms with van der Waals surface area (Å²) in [6.45, 7) is 10.4. The third-order valence-corrected chi connectivity index (χ3v) is 3.57. The lowest BCUT2D eigenvalue weighted by Crippen LogP contribution is -2.32. The molecule has 1 rings (SSSR count). The first-order chi connectivity index (χ1) is 9.35. The summed E-state index contributed by atoms with van der Waals surface area (Å²) in [4.78, 5) is 12.9. The molecule has 0 radical (unpaired) electrons. The number of rotatable bonds is 5. The van der Waals surface area contributed by atoms with Crippen molar-refractivity contribution in [3.05, 3.63) is 29.3 Å². The molecular formula is C16H25NO2S. The molecule has 1 N–H and O–H groups in total. The summed E-state index contributed by atoms with van der Waals surface area (Å²) in [5.41, 5.74) is 1.97. The highest BCUT2D eigenvalue weighted by atomic mass is 32.2. The molecular weight excluding hydrogens is 270 g/mol. The predicted molar refractivity (Wildman–Crippen MR) is 85.3 cm³/mol. The fraction of sp³-hybridized carbons (Fsp3) is 0.562. The van der Waals surface area contributed by atoms with Crippen LogP contribution in [0, 0.1) is 0 Å². The van der Waals surface area contributed by atoms with Crippen molar-refractivity contribution in [1.82, 2.24) is 5.32 Å². The zero-order valence-corrected chi connectivity index (χ0v) is 13.9. The fourth-order valence-electron chi connectivity index (χ4n) is 1.84. The van der Waals surface area contributed by atoms with Gasteiger partial charge in [0.05, 0.1) is 0 Å². The van der Waals surface area contributed by atoms with E-state index >= 15 is 0 Å². The first-order valence-electron chi connectivity index (χ1n) is 7.07. The lowest BCUT2D eigenvalue weighted by molar-refractivity contribution is 0.0523. The minimum absolute atomic E-state index is 0.369. The summed E-state index contributed by atoms with van der Waals surface area (Å²) in [7, 11) is 0. The molecule has 0 aliphatic rings. The van der Waals surface area contributed by atoms with Gasteiger partial charge in [-0.25, -0.2) is 4.79 Å². The van der Waals surface area contributed by atoms with E-state index in [-0.39, 0.29) is 6.09 Å². The monoisotopic (exact) mass is 295 g/mol. The van der Waals surface area contributed by atoms with Gasteiger partial charge in [0.15, 0.2) is 0 Å². The molecule has 0 aliphatic heterocycles. The van der Waals surface area contributed by atoms with Gasteiger partial charge >= 0.3 is 6.09 Å². The van der Waals surface area contributed by atoms with Crippen LogP contribution >= 0.6 is 11.8 Å². The Kier molecular flexibility index (Phi) is 6.40. The molecule has 0 bridgehead atoms. The molecule has 0 saturated heterocycles. The maximum atomic E-state index is 11.7. The van der Waals surface area contributed by atoms with E-state index in [2.05, 4.69) is 37.4 Å². The summed E-state index contributed by atoms with van der Waals surface area (Å²) >= 11 is 1.83. The van der Waals surface area contributed by atoms with Gasteiger partial charge in [0.2, 0.25) is 0 Å². The molecule has 3 nitrogen and oxygen atoms in total. The lowest BCUT2D eigenvalue weighted by atomic mass is 10.1. The molecule has 1 aromatic rings. The normalized spacial score (nSPS) is 11.2. The van der Waals surface area contributed by atoms with Crippen LogP contribution in [-0.4, -0.2) is 17.4 Å². The van der Waals surface area contributed by atoms with E-state index in [4.69, 9.17) is 4.74 Å². The van der Waals surface area contributed by atoms with E-state index in [1.54, 1.807) is 0 Å². The van der Waals surface area contributed by atoms with E-state index in [9.17, 15) is 4.79 Å². The van der Waals surface area contributed by atoms with Gasteiger partial charge in [-0.05, 0) is 56.2 Å². The maximum absolute atomic E-state index is 11.7. The van der Waals surface area contributed by atoms with Gasteiger partial charge in [-0.1, -0.05) is 19.9 Å². The molecule has 0 unspecified atom stereocenters. The molecule has 1 amide bonds. The Labute approximate surface area is 126 Å². The number of benzene rings is 1. The summed E-state index contributed by atoms with van der Waals surface area (Å²) in [5.74, 6) is 1.07. The molecule has 20 heavy (non-hydrogen) atoms. The van der Waals surface area contributed by atoms with E-state index in [1.807, 2.05) is 32.5 Å². The highest BCUT2D eigenvalue weighted by Gasteiger charge is 2.16. The number of ether oxygens (including phenoxy) is 1. The van der Waals surface area contributed by atoms with Crippen LogP contribution in [0.4, 0.5) is 4.79 Å². The Hall–Kier alpha value is -1.16. The Balaban J connectivity index is 2.65. The average Bonchev–Trinajstić information content (AvgIpc) is 2.35. The van der Waals surface area contributed by atoms with Crippen LogP contribution in [0.25, 0.3) is 0 Å². The lowest BCUT2D eigenvalue weighted by Gasteiger charge is -2.20. The van der Waals surface area contributed by atoms with Gasteiger partial charge < -0.3 is 10.1 Å². The molecule has 1 aromatic carbocycles. The minimum Gasteiger partial charge on any atom is -0.444 e. The standard InChI is InChI=1S/C16H25NO2S/c1-6-12-10-14(20-7-2)9-8-13(12)11-17-15(18)19-16(3,4)5/h8-10H,6-7,11H2,1-5H3,(H,17,18). The van der Waals surface area contributed by atoms with Gasteiger partial charge in [0.25, 0.3) is 0 Å². The minimum atomic E-state index is -0.459. The van der Waals surface area contributed by atoms with Gasteiger partial charge in [-0.15, -0.1) is 11.8 Å². The van der Waals surface area contributed by atoms with Crippen LogP contribution in [0.3, 0.4) is 0 Å². The molecule has 0 atom stereocenters. The number of carbonyl (C=O) groups is 1. The second kappa shape index (κ2) is 7.58.